The Morgan fingerprint density at radius 1 is 1.31 bits per heavy atom. The second-order valence-electron chi connectivity index (χ2n) is 3.77. The largest absolute Gasteiger partial charge is 0.324 e. The van der Waals surface area contributed by atoms with Crippen molar-refractivity contribution in [2.24, 2.45) is 11.7 Å². The molecule has 0 saturated carbocycles. The molecule has 0 aliphatic carbocycles. The topological polar surface area (TPSA) is 26.0 Å². The Labute approximate surface area is 88.5 Å². The molecule has 2 heteroatoms. The summed E-state index contributed by atoms with van der Waals surface area (Å²) in [4.78, 5) is 0. The lowest BCUT2D eigenvalue weighted by atomic mass is 9.94. The molecule has 0 bridgehead atoms. The van der Waals surface area contributed by atoms with Gasteiger partial charge in [0.05, 0.1) is 0 Å². The smallest absolute Gasteiger partial charge is 0.0320 e. The molecular weight excluding hydrogens is 226 g/mol. The Morgan fingerprint density at radius 2 is 1.92 bits per heavy atom. The van der Waals surface area contributed by atoms with Crippen LogP contribution in [0.1, 0.15) is 31.0 Å². The van der Waals surface area contributed by atoms with Gasteiger partial charge in [0.1, 0.15) is 0 Å². The Bertz CT molecular complexity index is 294. The second-order valence-corrected chi connectivity index (χ2v) is 4.69. The van der Waals surface area contributed by atoms with Crippen LogP contribution in [0.15, 0.2) is 22.7 Å². The Balaban J connectivity index is 3.01. The molecule has 0 radical (unpaired) electrons. The Hall–Kier alpha value is -0.340. The van der Waals surface area contributed by atoms with Gasteiger partial charge in [-0.15, -0.1) is 0 Å². The lowest BCUT2D eigenvalue weighted by Gasteiger charge is -2.18. The van der Waals surface area contributed by atoms with Gasteiger partial charge in [-0.05, 0) is 36.1 Å². The zero-order valence-electron chi connectivity index (χ0n) is 8.34. The molecule has 72 valence electrons. The zero-order valence-corrected chi connectivity index (χ0v) is 9.93. The van der Waals surface area contributed by atoms with E-state index in [0.717, 1.165) is 4.47 Å². The first-order valence-electron chi connectivity index (χ1n) is 4.54. The molecular formula is C11H16BrN. The summed E-state index contributed by atoms with van der Waals surface area (Å²) in [6, 6.07) is 6.40. The molecule has 0 amide bonds. The lowest BCUT2D eigenvalue weighted by molar-refractivity contribution is 0.512. The molecule has 0 fully saturated rings. The van der Waals surface area contributed by atoms with Crippen molar-refractivity contribution < 1.29 is 0 Å². The first-order valence-corrected chi connectivity index (χ1v) is 5.33. The lowest BCUT2D eigenvalue weighted by Crippen LogP contribution is -2.17. The number of aryl methyl sites for hydroxylation is 1. The highest BCUT2D eigenvalue weighted by Crippen LogP contribution is 2.24. The summed E-state index contributed by atoms with van der Waals surface area (Å²) in [6.45, 7) is 6.39. The fourth-order valence-electron chi connectivity index (χ4n) is 1.37. The minimum atomic E-state index is 0.146. The number of rotatable bonds is 2. The van der Waals surface area contributed by atoms with Crippen LogP contribution in [0.25, 0.3) is 0 Å². The summed E-state index contributed by atoms with van der Waals surface area (Å²) in [5.41, 5.74) is 8.58. The van der Waals surface area contributed by atoms with E-state index < -0.39 is 0 Å². The van der Waals surface area contributed by atoms with E-state index in [1.807, 2.05) is 6.07 Å². The van der Waals surface area contributed by atoms with Crippen molar-refractivity contribution in [3.05, 3.63) is 33.8 Å². The summed E-state index contributed by atoms with van der Waals surface area (Å²) in [7, 11) is 0. The summed E-state index contributed by atoms with van der Waals surface area (Å²) >= 11 is 3.44. The van der Waals surface area contributed by atoms with Gasteiger partial charge in [-0.25, -0.2) is 0 Å². The molecule has 0 aliphatic rings. The van der Waals surface area contributed by atoms with Crippen LogP contribution in [-0.4, -0.2) is 0 Å². The molecule has 2 N–H and O–H groups in total. The average molecular weight is 242 g/mol. The first-order chi connectivity index (χ1) is 6.02. The highest BCUT2D eigenvalue weighted by Gasteiger charge is 2.12. The van der Waals surface area contributed by atoms with Gasteiger partial charge < -0.3 is 5.73 Å². The van der Waals surface area contributed by atoms with Crippen LogP contribution in [0.4, 0.5) is 0 Å². The molecule has 1 aromatic carbocycles. The number of nitrogens with two attached hydrogens (primary N) is 1. The molecule has 0 aliphatic heterocycles. The molecule has 13 heavy (non-hydrogen) atoms. The molecule has 0 heterocycles. The van der Waals surface area contributed by atoms with Gasteiger partial charge in [-0.3, -0.25) is 0 Å². The van der Waals surface area contributed by atoms with Gasteiger partial charge in [0, 0.05) is 10.5 Å². The number of benzene rings is 1. The van der Waals surface area contributed by atoms with E-state index in [0.29, 0.717) is 5.92 Å². The SMILES string of the molecule is Cc1cc(Br)ccc1[C@@H](N)C(C)C. The quantitative estimate of drug-likeness (QED) is 0.844. The summed E-state index contributed by atoms with van der Waals surface area (Å²) in [6.07, 6.45) is 0. The molecule has 0 saturated heterocycles. The maximum atomic E-state index is 6.07. The maximum absolute atomic E-state index is 6.07. The summed E-state index contributed by atoms with van der Waals surface area (Å²) in [5.74, 6) is 0.486. The predicted octanol–water partition coefficient (Wildman–Crippen LogP) is 3.41. The summed E-state index contributed by atoms with van der Waals surface area (Å²) in [5, 5.41) is 0. The molecule has 1 atom stereocenters. The summed E-state index contributed by atoms with van der Waals surface area (Å²) < 4.78 is 1.12. The van der Waals surface area contributed by atoms with Crippen molar-refractivity contribution in [3.8, 4) is 0 Å². The molecule has 1 nitrogen and oxygen atoms in total. The third-order valence-electron chi connectivity index (χ3n) is 2.31. The fraction of sp³-hybridized carbons (Fsp3) is 0.455. The standard InChI is InChI=1S/C11H16BrN/c1-7(2)11(13)10-5-4-9(12)6-8(10)3/h4-7,11H,13H2,1-3H3/t11-/m0/s1. The van der Waals surface area contributed by atoms with Crippen LogP contribution < -0.4 is 5.73 Å². The van der Waals surface area contributed by atoms with E-state index in [9.17, 15) is 0 Å². The van der Waals surface area contributed by atoms with Gasteiger partial charge in [0.15, 0.2) is 0 Å². The monoisotopic (exact) mass is 241 g/mol. The highest BCUT2D eigenvalue weighted by molar-refractivity contribution is 9.10. The first kappa shape index (κ1) is 10.7. The minimum absolute atomic E-state index is 0.146. The van der Waals surface area contributed by atoms with Gasteiger partial charge in [-0.1, -0.05) is 35.8 Å². The van der Waals surface area contributed by atoms with E-state index in [1.165, 1.54) is 11.1 Å². The Morgan fingerprint density at radius 3 is 2.38 bits per heavy atom. The number of halogens is 1. The van der Waals surface area contributed by atoms with Crippen molar-refractivity contribution in [2.75, 3.05) is 0 Å². The van der Waals surface area contributed by atoms with E-state index in [2.05, 4.69) is 48.8 Å². The van der Waals surface area contributed by atoms with Gasteiger partial charge in [0.2, 0.25) is 0 Å². The third kappa shape index (κ3) is 2.55. The van der Waals surface area contributed by atoms with Gasteiger partial charge in [0.25, 0.3) is 0 Å². The van der Waals surface area contributed by atoms with E-state index in [4.69, 9.17) is 5.73 Å². The predicted molar refractivity (Wildman–Crippen MR) is 60.6 cm³/mol. The van der Waals surface area contributed by atoms with Crippen LogP contribution in [0, 0.1) is 12.8 Å². The normalized spacial score (nSPS) is 13.4. The second kappa shape index (κ2) is 4.25. The van der Waals surface area contributed by atoms with Crippen LogP contribution in [0.3, 0.4) is 0 Å². The molecule has 0 spiro atoms. The van der Waals surface area contributed by atoms with Crippen LogP contribution >= 0.6 is 15.9 Å². The zero-order chi connectivity index (χ0) is 10.0. The average Bonchev–Trinajstić information content (AvgIpc) is 2.03. The molecule has 0 unspecified atom stereocenters. The number of hydrogen-bond donors (Lipinski definition) is 1. The van der Waals surface area contributed by atoms with Crippen molar-refractivity contribution in [1.29, 1.82) is 0 Å². The highest BCUT2D eigenvalue weighted by atomic mass is 79.9. The molecule has 0 aromatic heterocycles. The van der Waals surface area contributed by atoms with E-state index in [-0.39, 0.29) is 6.04 Å². The van der Waals surface area contributed by atoms with Crippen molar-refractivity contribution >= 4 is 15.9 Å². The van der Waals surface area contributed by atoms with Crippen molar-refractivity contribution in [2.45, 2.75) is 26.8 Å². The van der Waals surface area contributed by atoms with Crippen molar-refractivity contribution in [1.82, 2.24) is 0 Å². The molecule has 1 aromatic rings. The van der Waals surface area contributed by atoms with E-state index in [1.54, 1.807) is 0 Å². The van der Waals surface area contributed by atoms with Crippen LogP contribution in [0.5, 0.6) is 0 Å². The molecule has 1 rings (SSSR count). The van der Waals surface area contributed by atoms with Gasteiger partial charge >= 0.3 is 0 Å². The van der Waals surface area contributed by atoms with Crippen LogP contribution in [0.2, 0.25) is 0 Å². The number of hydrogen-bond acceptors (Lipinski definition) is 1. The van der Waals surface area contributed by atoms with Crippen LogP contribution in [-0.2, 0) is 0 Å². The third-order valence-corrected chi connectivity index (χ3v) is 2.80. The van der Waals surface area contributed by atoms with Crippen molar-refractivity contribution in [3.63, 3.8) is 0 Å². The van der Waals surface area contributed by atoms with E-state index >= 15 is 0 Å². The fourth-order valence-corrected chi connectivity index (χ4v) is 1.85. The Kier molecular flexibility index (Phi) is 3.51. The van der Waals surface area contributed by atoms with Gasteiger partial charge in [-0.2, -0.15) is 0 Å². The minimum Gasteiger partial charge on any atom is -0.324 e. The maximum Gasteiger partial charge on any atom is 0.0320 e.